The second kappa shape index (κ2) is 11.3. The molecule has 1 fully saturated rings. The van der Waals surface area contributed by atoms with Gasteiger partial charge in [-0.15, -0.1) is 10.2 Å². The van der Waals surface area contributed by atoms with Gasteiger partial charge in [-0.1, -0.05) is 19.1 Å². The summed E-state index contributed by atoms with van der Waals surface area (Å²) in [5.41, 5.74) is 9.02. The zero-order valence-electron chi connectivity index (χ0n) is 20.1. The Labute approximate surface area is 199 Å². The normalized spacial score (nSPS) is 15.4. The Morgan fingerprint density at radius 2 is 2.03 bits per heavy atom. The third-order valence-electron chi connectivity index (χ3n) is 5.46. The van der Waals surface area contributed by atoms with Crippen LogP contribution in [0.15, 0.2) is 64.0 Å². The highest BCUT2D eigenvalue weighted by Crippen LogP contribution is 2.37. The number of carbonyl (C=O) groups excluding carboxylic acids is 2. The van der Waals surface area contributed by atoms with Gasteiger partial charge in [-0.25, -0.2) is 0 Å². The Morgan fingerprint density at radius 1 is 1.26 bits per heavy atom. The fourth-order valence-corrected chi connectivity index (χ4v) is 3.36. The molecule has 1 saturated carbocycles. The Balaban J connectivity index is 1.81. The van der Waals surface area contributed by atoms with Crippen LogP contribution in [0.3, 0.4) is 0 Å². The molecule has 0 atom stereocenters. The number of amides is 2. The molecule has 1 aromatic heterocycles. The maximum atomic E-state index is 13.1. The van der Waals surface area contributed by atoms with Crippen molar-refractivity contribution in [3.63, 3.8) is 0 Å². The van der Waals surface area contributed by atoms with Crippen molar-refractivity contribution in [3.8, 4) is 11.4 Å². The van der Waals surface area contributed by atoms with Gasteiger partial charge in [-0.3, -0.25) is 19.6 Å². The predicted molar refractivity (Wildman–Crippen MR) is 135 cm³/mol. The first-order valence-corrected chi connectivity index (χ1v) is 11.4. The second-order valence-corrected chi connectivity index (χ2v) is 8.10. The summed E-state index contributed by atoms with van der Waals surface area (Å²) in [7, 11) is 0. The highest BCUT2D eigenvalue weighted by Gasteiger charge is 2.26. The monoisotopic (exact) mass is 461 g/mol. The van der Waals surface area contributed by atoms with Gasteiger partial charge in [-0.05, 0) is 69.4 Å². The van der Waals surface area contributed by atoms with Crippen LogP contribution in [0.4, 0.5) is 5.69 Å². The van der Waals surface area contributed by atoms with Crippen molar-refractivity contribution < 1.29 is 9.59 Å². The summed E-state index contributed by atoms with van der Waals surface area (Å²) in [4.78, 5) is 32.8. The minimum atomic E-state index is -0.571. The van der Waals surface area contributed by atoms with Gasteiger partial charge < -0.3 is 15.6 Å². The topological polar surface area (TPSA) is 128 Å². The van der Waals surface area contributed by atoms with Crippen molar-refractivity contribution in [1.82, 2.24) is 14.8 Å². The number of nitrogens with one attached hydrogen (secondary N) is 1. The molecule has 3 rings (SSSR count). The van der Waals surface area contributed by atoms with Crippen LogP contribution < -0.4 is 11.1 Å². The first-order valence-electron chi connectivity index (χ1n) is 11.4. The molecular formula is C25H31N7O2. The van der Waals surface area contributed by atoms with Gasteiger partial charge in [0.05, 0.1) is 0 Å². The van der Waals surface area contributed by atoms with E-state index in [0.717, 1.165) is 35.4 Å². The van der Waals surface area contributed by atoms with Gasteiger partial charge in [0.25, 0.3) is 11.8 Å². The number of rotatable bonds is 10. The molecule has 0 radical (unpaired) electrons. The van der Waals surface area contributed by atoms with Crippen molar-refractivity contribution >= 4 is 28.9 Å². The third kappa shape index (κ3) is 6.34. The van der Waals surface area contributed by atoms with Crippen LogP contribution in [-0.2, 0) is 9.59 Å². The zero-order chi connectivity index (χ0) is 24.7. The smallest absolute Gasteiger partial charge is 0.273 e. The predicted octanol–water partition coefficient (Wildman–Crippen LogP) is 3.87. The van der Waals surface area contributed by atoms with E-state index in [0.29, 0.717) is 30.4 Å². The molecule has 0 spiro atoms. The molecular weight excluding hydrogens is 430 g/mol. The molecule has 1 aliphatic rings. The van der Waals surface area contributed by atoms with Crippen molar-refractivity contribution in [2.75, 3.05) is 11.9 Å². The quantitative estimate of drug-likeness (QED) is 0.411. The van der Waals surface area contributed by atoms with Crippen molar-refractivity contribution in [1.29, 1.82) is 0 Å². The highest BCUT2D eigenvalue weighted by atomic mass is 16.2. The van der Waals surface area contributed by atoms with Gasteiger partial charge >= 0.3 is 0 Å². The number of hydrogen-bond acceptors (Lipinski definition) is 6. The molecule has 2 amide bonds. The second-order valence-electron chi connectivity index (χ2n) is 8.10. The van der Waals surface area contributed by atoms with Gasteiger partial charge in [0.15, 0.2) is 5.82 Å². The van der Waals surface area contributed by atoms with Crippen LogP contribution in [0, 0.1) is 0 Å². The number of carbonyl (C=O) groups is 2. The number of hydrogen-bond donors (Lipinski definition) is 2. The van der Waals surface area contributed by atoms with Crippen molar-refractivity contribution in [2.24, 2.45) is 15.7 Å². The van der Waals surface area contributed by atoms with E-state index in [9.17, 15) is 9.59 Å². The number of nitrogens with zero attached hydrogens (tertiary/aromatic N) is 5. The largest absolute Gasteiger partial charge is 0.365 e. The van der Waals surface area contributed by atoms with E-state index in [1.54, 1.807) is 25.5 Å². The summed E-state index contributed by atoms with van der Waals surface area (Å²) in [5.74, 6) is -0.0887. The van der Waals surface area contributed by atoms with E-state index in [-0.39, 0.29) is 11.6 Å². The number of primary amides is 1. The summed E-state index contributed by atoms with van der Waals surface area (Å²) in [5, 5.41) is 11.3. The minimum Gasteiger partial charge on any atom is -0.365 e. The van der Waals surface area contributed by atoms with Crippen LogP contribution in [0.1, 0.15) is 53.0 Å². The average Bonchev–Trinajstić information content (AvgIpc) is 3.55. The summed E-state index contributed by atoms with van der Waals surface area (Å²) in [6.45, 7) is 7.75. The van der Waals surface area contributed by atoms with E-state index in [1.807, 2.05) is 45.0 Å². The van der Waals surface area contributed by atoms with Crippen LogP contribution in [0.5, 0.6) is 0 Å². The zero-order valence-corrected chi connectivity index (χ0v) is 20.1. The summed E-state index contributed by atoms with van der Waals surface area (Å²) in [6, 6.07) is 8.01. The van der Waals surface area contributed by atoms with E-state index < -0.39 is 5.91 Å². The molecule has 0 bridgehead atoms. The van der Waals surface area contributed by atoms with Crippen LogP contribution in [0.25, 0.3) is 11.4 Å². The molecule has 1 heterocycles. The number of aromatic nitrogens is 3. The van der Waals surface area contributed by atoms with Crippen LogP contribution >= 0.6 is 0 Å². The molecule has 1 aromatic carbocycles. The molecule has 9 nitrogen and oxygen atoms in total. The number of benzene rings is 1. The molecule has 3 N–H and O–H groups in total. The van der Waals surface area contributed by atoms with Gasteiger partial charge in [-0.2, -0.15) is 0 Å². The van der Waals surface area contributed by atoms with Crippen LogP contribution in [-0.4, -0.2) is 44.5 Å². The molecule has 0 unspecified atom stereocenters. The molecule has 1 aliphatic carbocycles. The molecule has 34 heavy (non-hydrogen) atoms. The number of aliphatic imine (C=N–C) groups is 2. The number of nitrogens with two attached hydrogens (primary N) is 1. The molecule has 2 aromatic rings. The maximum Gasteiger partial charge on any atom is 0.273 e. The third-order valence-corrected chi connectivity index (χ3v) is 5.46. The van der Waals surface area contributed by atoms with E-state index >= 15 is 0 Å². The fraction of sp³-hybridized carbons (Fsp3) is 0.360. The lowest BCUT2D eigenvalue weighted by molar-refractivity contribution is -0.112. The van der Waals surface area contributed by atoms with Gasteiger partial charge in [0, 0.05) is 30.0 Å². The average molecular weight is 462 g/mol. The Morgan fingerprint density at radius 3 is 2.68 bits per heavy atom. The standard InChI is InChI=1S/C25H31N7O2/c1-5-18(14-28-17(4)23(26)33)16(3)12-22(27-6-2)25(34)30-20-9-7-8-19(13-20)24-31-29-15-32(24)21-10-11-21/h7-9,12-15,21H,5-6,10-11H2,1-4H3,(H2,26,33)(H,30,34)/b16-12+,18-14+,27-22+,28-17+. The molecule has 9 heteroatoms. The maximum absolute atomic E-state index is 13.1. The molecule has 0 aliphatic heterocycles. The van der Waals surface area contributed by atoms with E-state index in [1.165, 1.54) is 0 Å². The summed E-state index contributed by atoms with van der Waals surface area (Å²) < 4.78 is 2.08. The van der Waals surface area contributed by atoms with Gasteiger partial charge in [0.1, 0.15) is 17.8 Å². The summed E-state index contributed by atoms with van der Waals surface area (Å²) >= 11 is 0. The minimum absolute atomic E-state index is 0.219. The first kappa shape index (κ1) is 24.8. The van der Waals surface area contributed by atoms with Crippen molar-refractivity contribution in [2.45, 2.75) is 53.0 Å². The Bertz CT molecular complexity index is 1180. The Kier molecular flexibility index (Phi) is 8.24. The van der Waals surface area contributed by atoms with Crippen molar-refractivity contribution in [3.05, 3.63) is 54.0 Å². The van der Waals surface area contributed by atoms with E-state index in [2.05, 4.69) is 30.1 Å². The number of allylic oxidation sites excluding steroid dienone is 2. The lowest BCUT2D eigenvalue weighted by Gasteiger charge is -2.10. The lowest BCUT2D eigenvalue weighted by Crippen LogP contribution is -2.22. The highest BCUT2D eigenvalue weighted by molar-refractivity contribution is 6.47. The first-order chi connectivity index (χ1) is 16.3. The Hall–Kier alpha value is -3.88. The van der Waals surface area contributed by atoms with E-state index in [4.69, 9.17) is 5.73 Å². The SMILES string of the molecule is CC\N=C(/C=C(C)/C(=C/N=C(\C)C(N)=O)CC)C(=O)Nc1cccc(-c2nncn2C2CC2)c1. The number of anilines is 1. The molecule has 178 valence electrons. The summed E-state index contributed by atoms with van der Waals surface area (Å²) in [6.07, 6.45) is 8.02. The fourth-order valence-electron chi connectivity index (χ4n) is 3.36. The molecule has 0 saturated heterocycles. The van der Waals surface area contributed by atoms with Crippen LogP contribution in [0.2, 0.25) is 0 Å². The lowest BCUT2D eigenvalue weighted by atomic mass is 10.0. The van der Waals surface area contributed by atoms with Gasteiger partial charge in [0.2, 0.25) is 0 Å².